The molecule has 9 rings (SSSR count). The van der Waals surface area contributed by atoms with E-state index in [0.29, 0.717) is 41.9 Å². The SMILES string of the molecule is C#Cc1cccc2cc(O)cc(-c3c(F)cc4c(N5CC6CCC(C5)N6)nc(OCC5(CN6CCC7(CC6)CNC7=O)CC5)nc4c3F)c12. The fourth-order valence-electron chi connectivity index (χ4n) is 8.58. The predicted molar refractivity (Wildman–Crippen MR) is 182 cm³/mol. The van der Waals surface area contributed by atoms with E-state index in [4.69, 9.17) is 16.1 Å². The number of nitrogens with one attached hydrogen (secondary N) is 2. The highest BCUT2D eigenvalue weighted by molar-refractivity contribution is 6.04. The van der Waals surface area contributed by atoms with Crippen LogP contribution >= 0.6 is 0 Å². The molecule has 0 radical (unpaired) electrons. The van der Waals surface area contributed by atoms with E-state index in [1.165, 1.54) is 18.2 Å². The number of piperazine rings is 1. The third-order valence-corrected chi connectivity index (χ3v) is 11.7. The number of anilines is 1. The maximum Gasteiger partial charge on any atom is 0.319 e. The molecule has 1 aliphatic carbocycles. The number of likely N-dealkylation sites (tertiary alicyclic amines) is 1. The van der Waals surface area contributed by atoms with Crippen LogP contribution in [0.4, 0.5) is 14.6 Å². The van der Waals surface area contributed by atoms with Gasteiger partial charge in [0.25, 0.3) is 0 Å². The molecule has 1 amide bonds. The zero-order valence-electron chi connectivity index (χ0n) is 27.2. The number of fused-ring (bicyclic) bond motifs is 4. The highest BCUT2D eigenvalue weighted by atomic mass is 19.1. The first-order valence-electron chi connectivity index (χ1n) is 17.3. The van der Waals surface area contributed by atoms with Crippen LogP contribution in [0.3, 0.4) is 0 Å². The fraction of sp³-hybridized carbons (Fsp3) is 0.447. The molecule has 1 saturated carbocycles. The van der Waals surface area contributed by atoms with E-state index >= 15 is 8.78 Å². The van der Waals surface area contributed by atoms with Crippen LogP contribution in [-0.4, -0.2) is 83.8 Å². The second-order valence-corrected chi connectivity index (χ2v) is 14.9. The summed E-state index contributed by atoms with van der Waals surface area (Å²) in [6.07, 6.45) is 11.6. The number of ether oxygens (including phenoxy) is 1. The second kappa shape index (κ2) is 11.3. The molecule has 3 N–H and O–H groups in total. The molecular weight excluding hydrogens is 626 g/mol. The highest BCUT2D eigenvalue weighted by Gasteiger charge is 2.50. The van der Waals surface area contributed by atoms with Crippen molar-refractivity contribution in [1.29, 1.82) is 0 Å². The lowest BCUT2D eigenvalue weighted by molar-refractivity contribution is -0.144. The third-order valence-electron chi connectivity index (χ3n) is 11.7. The molecule has 4 saturated heterocycles. The van der Waals surface area contributed by atoms with E-state index in [1.807, 2.05) is 0 Å². The minimum atomic E-state index is -0.858. The second-order valence-electron chi connectivity index (χ2n) is 14.9. The number of rotatable bonds is 7. The summed E-state index contributed by atoms with van der Waals surface area (Å²) in [7, 11) is 0. The number of benzene rings is 3. The number of terminal acetylenes is 1. The summed E-state index contributed by atoms with van der Waals surface area (Å²) in [5.41, 5.74) is 0.0265. The molecule has 49 heavy (non-hydrogen) atoms. The average Bonchev–Trinajstić information content (AvgIpc) is 3.79. The van der Waals surface area contributed by atoms with Gasteiger partial charge in [0.05, 0.1) is 17.6 Å². The first-order chi connectivity index (χ1) is 23.7. The number of nitrogens with zero attached hydrogens (tertiary/aromatic N) is 4. The van der Waals surface area contributed by atoms with E-state index in [-0.39, 0.29) is 62.6 Å². The Hall–Kier alpha value is -4.53. The number of halogens is 2. The molecule has 1 aromatic heterocycles. The predicted octanol–water partition coefficient (Wildman–Crippen LogP) is 4.73. The Morgan fingerprint density at radius 2 is 1.84 bits per heavy atom. The summed E-state index contributed by atoms with van der Waals surface area (Å²) in [6.45, 7) is 5.09. The number of carbonyl (C=O) groups is 1. The van der Waals surface area contributed by atoms with Gasteiger partial charge in [-0.1, -0.05) is 18.1 Å². The van der Waals surface area contributed by atoms with Crippen LogP contribution in [0.2, 0.25) is 0 Å². The number of piperidine rings is 1. The summed E-state index contributed by atoms with van der Waals surface area (Å²) in [5, 5.41) is 18.4. The van der Waals surface area contributed by atoms with Crippen LogP contribution in [0.25, 0.3) is 32.8 Å². The largest absolute Gasteiger partial charge is 0.508 e. The molecule has 4 aromatic rings. The number of phenolic OH excluding ortho intramolecular Hbond substituents is 1. The Balaban J connectivity index is 1.08. The van der Waals surface area contributed by atoms with Gasteiger partial charge in [-0.3, -0.25) is 4.79 Å². The molecule has 1 spiro atoms. The van der Waals surface area contributed by atoms with Gasteiger partial charge in [0, 0.05) is 65.6 Å². The lowest BCUT2D eigenvalue weighted by Gasteiger charge is -2.47. The van der Waals surface area contributed by atoms with Gasteiger partial charge in [0.1, 0.15) is 22.9 Å². The van der Waals surface area contributed by atoms with Crippen molar-refractivity contribution in [1.82, 2.24) is 25.5 Å². The van der Waals surface area contributed by atoms with Gasteiger partial charge < -0.3 is 30.3 Å². The van der Waals surface area contributed by atoms with Crippen molar-refractivity contribution in [3.05, 3.63) is 53.6 Å². The number of hydrogen-bond donors (Lipinski definition) is 3. The lowest BCUT2D eigenvalue weighted by atomic mass is 9.72. The molecular formula is C38H38F2N6O3. The Morgan fingerprint density at radius 1 is 1.06 bits per heavy atom. The molecule has 5 aliphatic rings. The monoisotopic (exact) mass is 664 g/mol. The van der Waals surface area contributed by atoms with Crippen molar-refractivity contribution in [2.24, 2.45) is 10.8 Å². The van der Waals surface area contributed by atoms with Gasteiger partial charge in [-0.25, -0.2) is 8.78 Å². The van der Waals surface area contributed by atoms with Crippen molar-refractivity contribution in [2.75, 3.05) is 50.8 Å². The summed E-state index contributed by atoms with van der Waals surface area (Å²) in [5.74, 6) is 1.48. The van der Waals surface area contributed by atoms with Gasteiger partial charge in [-0.15, -0.1) is 6.42 Å². The maximum atomic E-state index is 16.9. The number of amides is 1. The quantitative estimate of drug-likeness (QED) is 0.193. The minimum Gasteiger partial charge on any atom is -0.508 e. The first kappa shape index (κ1) is 30.5. The molecule has 2 atom stereocenters. The van der Waals surface area contributed by atoms with Crippen molar-refractivity contribution in [2.45, 2.75) is 50.6 Å². The van der Waals surface area contributed by atoms with Crippen LogP contribution in [0, 0.1) is 34.8 Å². The molecule has 5 fully saturated rings. The Morgan fingerprint density at radius 3 is 2.51 bits per heavy atom. The summed E-state index contributed by atoms with van der Waals surface area (Å²) >= 11 is 0. The van der Waals surface area contributed by atoms with Gasteiger partial charge in [0.2, 0.25) is 5.91 Å². The topological polar surface area (TPSA) is 103 Å². The maximum absolute atomic E-state index is 16.9. The van der Waals surface area contributed by atoms with Crippen molar-refractivity contribution in [3.8, 4) is 35.2 Å². The van der Waals surface area contributed by atoms with Crippen molar-refractivity contribution >= 4 is 33.4 Å². The van der Waals surface area contributed by atoms with Crippen molar-refractivity contribution in [3.63, 3.8) is 0 Å². The van der Waals surface area contributed by atoms with Gasteiger partial charge in [-0.2, -0.15) is 9.97 Å². The summed E-state index contributed by atoms with van der Waals surface area (Å²) in [4.78, 5) is 26.1. The zero-order chi connectivity index (χ0) is 33.5. The first-order valence-corrected chi connectivity index (χ1v) is 17.3. The van der Waals surface area contributed by atoms with Crippen LogP contribution in [0.1, 0.15) is 44.1 Å². The Labute approximate surface area is 283 Å². The van der Waals surface area contributed by atoms with Crippen LogP contribution in [0.5, 0.6) is 11.8 Å². The zero-order valence-corrected chi connectivity index (χ0v) is 27.2. The van der Waals surface area contributed by atoms with E-state index in [9.17, 15) is 9.90 Å². The normalized spacial score (nSPS) is 23.8. The van der Waals surface area contributed by atoms with E-state index < -0.39 is 11.6 Å². The summed E-state index contributed by atoms with van der Waals surface area (Å²) < 4.78 is 39.6. The van der Waals surface area contributed by atoms with Crippen LogP contribution < -0.4 is 20.3 Å². The molecule has 11 heteroatoms. The lowest BCUT2D eigenvalue weighted by Crippen LogP contribution is -2.63. The molecule has 3 aromatic carbocycles. The van der Waals surface area contributed by atoms with Crippen LogP contribution in [-0.2, 0) is 4.79 Å². The van der Waals surface area contributed by atoms with Gasteiger partial charge >= 0.3 is 6.01 Å². The number of phenols is 1. The number of aromatic nitrogens is 2. The van der Waals surface area contributed by atoms with E-state index in [1.54, 1.807) is 18.2 Å². The minimum absolute atomic E-state index is 0.0399. The fourth-order valence-corrected chi connectivity index (χ4v) is 8.58. The van der Waals surface area contributed by atoms with Gasteiger partial charge in [0.15, 0.2) is 5.82 Å². The highest BCUT2D eigenvalue weighted by Crippen LogP contribution is 2.48. The van der Waals surface area contributed by atoms with E-state index in [0.717, 1.165) is 64.7 Å². The molecule has 252 valence electrons. The third kappa shape index (κ3) is 5.15. The Kier molecular flexibility index (Phi) is 7.01. The smallest absolute Gasteiger partial charge is 0.319 e. The molecule has 5 heterocycles. The number of hydrogen-bond acceptors (Lipinski definition) is 8. The van der Waals surface area contributed by atoms with Crippen molar-refractivity contribution < 1.29 is 23.4 Å². The molecule has 2 bridgehead atoms. The molecule has 4 aliphatic heterocycles. The van der Waals surface area contributed by atoms with Crippen LogP contribution in [0.15, 0.2) is 36.4 Å². The van der Waals surface area contributed by atoms with E-state index in [2.05, 4.69) is 31.3 Å². The molecule has 2 unspecified atom stereocenters. The number of carbonyl (C=O) groups excluding carboxylic acids is 1. The average molecular weight is 665 g/mol. The number of β-lactam (4-membered cyclic amide) rings is 1. The summed E-state index contributed by atoms with van der Waals surface area (Å²) in [6, 6.07) is 10.00. The number of aromatic hydroxyl groups is 1. The standard InChI is InChI=1S/C38H38F2N6O3/c1-2-22-4-3-5-23-14-26(47)15-27(30(22)23)31-29(39)16-28-33(32(31)40)43-36(44-34(28)46-17-24-6-7-25(18-46)42-24)49-21-37(8-9-37)20-45-12-10-38(11-13-45)19-41-35(38)48/h1,3-5,14-16,24-25,42,47H,6-13,17-21H2,(H,41,48). The Bertz CT molecular complexity index is 2060. The molecule has 9 nitrogen and oxygen atoms in total. The van der Waals surface area contributed by atoms with Gasteiger partial charge in [-0.05, 0) is 81.3 Å².